The molecule has 1 aromatic heterocycles. The molecule has 0 aliphatic heterocycles. The fourth-order valence-corrected chi connectivity index (χ4v) is 2.82. The number of aliphatic hydroxyl groups is 1. The van der Waals surface area contributed by atoms with E-state index >= 15 is 0 Å². The van der Waals surface area contributed by atoms with Gasteiger partial charge < -0.3 is 15.4 Å². The van der Waals surface area contributed by atoms with Crippen LogP contribution in [0.2, 0.25) is 5.02 Å². The Kier molecular flexibility index (Phi) is 4.55. The first-order chi connectivity index (χ1) is 11.5. The fourth-order valence-electron chi connectivity index (χ4n) is 2.55. The molecule has 3 rings (SSSR count). The minimum Gasteiger partial charge on any atom is -0.394 e. The molecule has 0 saturated carbocycles. The first-order valence-corrected chi connectivity index (χ1v) is 7.85. The van der Waals surface area contributed by atoms with Gasteiger partial charge in [-0.3, -0.25) is 4.79 Å². The quantitative estimate of drug-likeness (QED) is 0.673. The van der Waals surface area contributed by atoms with Crippen molar-refractivity contribution >= 4 is 28.4 Å². The van der Waals surface area contributed by atoms with Crippen molar-refractivity contribution in [2.75, 3.05) is 6.61 Å². The third-order valence-electron chi connectivity index (χ3n) is 3.82. The first-order valence-electron chi connectivity index (χ1n) is 7.48. The zero-order valence-electron chi connectivity index (χ0n) is 12.9. The summed E-state index contributed by atoms with van der Waals surface area (Å²) in [5, 5.41) is 12.9. The van der Waals surface area contributed by atoms with Gasteiger partial charge in [0.25, 0.3) is 5.91 Å². The number of H-pyrrole nitrogens is 1. The minimum atomic E-state index is -0.350. The molecule has 124 valence electrons. The molecule has 0 spiro atoms. The topological polar surface area (TPSA) is 65.1 Å². The molecule has 24 heavy (non-hydrogen) atoms. The standard InChI is InChI=1S/C18H16ClFN2O2/c1-10(9-23)22-18(24)14-4-2-11(6-16(14)19)15-8-21-17-7-12(20)3-5-13(15)17/h2-8,10,21,23H,9H2,1H3,(H,22,24)/t10-/m1/s1. The highest BCUT2D eigenvalue weighted by molar-refractivity contribution is 6.34. The van der Waals surface area contributed by atoms with Crippen LogP contribution in [0.15, 0.2) is 42.6 Å². The zero-order chi connectivity index (χ0) is 17.3. The highest BCUT2D eigenvalue weighted by atomic mass is 35.5. The van der Waals surface area contributed by atoms with Crippen LogP contribution >= 0.6 is 11.6 Å². The Morgan fingerprint density at radius 1 is 1.33 bits per heavy atom. The van der Waals surface area contributed by atoms with E-state index in [1.807, 2.05) is 0 Å². The van der Waals surface area contributed by atoms with E-state index in [1.165, 1.54) is 12.1 Å². The molecule has 0 saturated heterocycles. The molecule has 3 aromatic rings. The number of hydrogen-bond donors (Lipinski definition) is 3. The van der Waals surface area contributed by atoms with Crippen molar-refractivity contribution in [3.63, 3.8) is 0 Å². The Hall–Kier alpha value is -2.37. The molecule has 0 aliphatic rings. The average Bonchev–Trinajstić information content (AvgIpc) is 2.97. The molecule has 0 radical (unpaired) electrons. The molecule has 0 bridgehead atoms. The average molecular weight is 347 g/mol. The van der Waals surface area contributed by atoms with Crippen molar-refractivity contribution in [1.29, 1.82) is 0 Å². The molecule has 0 fully saturated rings. The number of rotatable bonds is 4. The second-order valence-electron chi connectivity index (χ2n) is 5.64. The van der Waals surface area contributed by atoms with Crippen LogP contribution in [-0.2, 0) is 0 Å². The van der Waals surface area contributed by atoms with Crippen molar-refractivity contribution in [2.24, 2.45) is 0 Å². The van der Waals surface area contributed by atoms with E-state index in [0.29, 0.717) is 16.1 Å². The van der Waals surface area contributed by atoms with Gasteiger partial charge in [0.2, 0.25) is 0 Å². The lowest BCUT2D eigenvalue weighted by Gasteiger charge is -2.12. The second kappa shape index (κ2) is 6.63. The summed E-state index contributed by atoms with van der Waals surface area (Å²) in [6.07, 6.45) is 1.78. The first kappa shape index (κ1) is 16.5. The van der Waals surface area contributed by atoms with Gasteiger partial charge in [0.15, 0.2) is 0 Å². The van der Waals surface area contributed by atoms with E-state index in [0.717, 1.165) is 16.5 Å². The summed E-state index contributed by atoms with van der Waals surface area (Å²) in [6.45, 7) is 1.55. The summed E-state index contributed by atoms with van der Waals surface area (Å²) in [5.74, 6) is -0.645. The second-order valence-corrected chi connectivity index (χ2v) is 6.05. The van der Waals surface area contributed by atoms with Gasteiger partial charge in [0.1, 0.15) is 5.82 Å². The molecule has 3 N–H and O–H groups in total. The number of benzene rings is 2. The largest absolute Gasteiger partial charge is 0.394 e. The number of hydrogen-bond acceptors (Lipinski definition) is 2. The van der Waals surface area contributed by atoms with E-state index in [4.69, 9.17) is 16.7 Å². The number of carbonyl (C=O) groups is 1. The Labute approximate surface area is 143 Å². The molecule has 6 heteroatoms. The molecule has 0 unspecified atom stereocenters. The highest BCUT2D eigenvalue weighted by Gasteiger charge is 2.15. The monoisotopic (exact) mass is 346 g/mol. The van der Waals surface area contributed by atoms with Crippen LogP contribution in [0, 0.1) is 5.82 Å². The van der Waals surface area contributed by atoms with E-state index < -0.39 is 0 Å². The normalized spacial score (nSPS) is 12.3. The van der Waals surface area contributed by atoms with Crippen LogP contribution in [0.3, 0.4) is 0 Å². The SMILES string of the molecule is C[C@H](CO)NC(=O)c1ccc(-c2c[nH]c3cc(F)ccc23)cc1Cl. The number of aliphatic hydroxyl groups excluding tert-OH is 1. The smallest absolute Gasteiger partial charge is 0.253 e. The van der Waals surface area contributed by atoms with Crippen molar-refractivity contribution in [2.45, 2.75) is 13.0 Å². The number of aromatic amines is 1. The lowest BCUT2D eigenvalue weighted by atomic mass is 10.0. The van der Waals surface area contributed by atoms with Gasteiger partial charge in [0.05, 0.1) is 17.2 Å². The predicted octanol–water partition coefficient (Wildman–Crippen LogP) is 3.74. The van der Waals surface area contributed by atoms with Gasteiger partial charge in [-0.1, -0.05) is 17.7 Å². The van der Waals surface area contributed by atoms with Crippen LogP contribution in [0.25, 0.3) is 22.0 Å². The summed E-state index contributed by atoms with van der Waals surface area (Å²) in [5.41, 5.74) is 2.73. The van der Waals surface area contributed by atoms with Gasteiger partial charge >= 0.3 is 0 Å². The van der Waals surface area contributed by atoms with Gasteiger partial charge in [-0.2, -0.15) is 0 Å². The molecule has 2 aromatic carbocycles. The van der Waals surface area contributed by atoms with E-state index in [9.17, 15) is 9.18 Å². The Morgan fingerprint density at radius 2 is 2.12 bits per heavy atom. The summed E-state index contributed by atoms with van der Waals surface area (Å²) < 4.78 is 13.3. The zero-order valence-corrected chi connectivity index (χ0v) is 13.7. The molecular weight excluding hydrogens is 331 g/mol. The molecule has 1 heterocycles. The Morgan fingerprint density at radius 3 is 2.83 bits per heavy atom. The predicted molar refractivity (Wildman–Crippen MR) is 92.7 cm³/mol. The summed E-state index contributed by atoms with van der Waals surface area (Å²) in [6, 6.07) is 9.31. The van der Waals surface area contributed by atoms with Crippen molar-refractivity contribution < 1.29 is 14.3 Å². The van der Waals surface area contributed by atoms with Gasteiger partial charge in [-0.25, -0.2) is 4.39 Å². The van der Waals surface area contributed by atoms with Crippen molar-refractivity contribution in [3.8, 4) is 11.1 Å². The molecular formula is C18H16ClFN2O2. The Balaban J connectivity index is 1.95. The summed E-state index contributed by atoms with van der Waals surface area (Å²) >= 11 is 6.25. The van der Waals surface area contributed by atoms with Crippen molar-refractivity contribution in [1.82, 2.24) is 10.3 Å². The number of nitrogens with one attached hydrogen (secondary N) is 2. The Bertz CT molecular complexity index is 907. The number of fused-ring (bicyclic) bond motifs is 1. The molecule has 4 nitrogen and oxygen atoms in total. The van der Waals surface area contributed by atoms with Gasteiger partial charge in [0, 0.05) is 28.7 Å². The van der Waals surface area contributed by atoms with E-state index in [2.05, 4.69) is 10.3 Å². The third-order valence-corrected chi connectivity index (χ3v) is 4.13. The number of halogens is 2. The van der Waals surface area contributed by atoms with Crippen LogP contribution in [0.1, 0.15) is 17.3 Å². The summed E-state index contributed by atoms with van der Waals surface area (Å²) in [7, 11) is 0. The van der Waals surface area contributed by atoms with Crippen molar-refractivity contribution in [3.05, 3.63) is 59.0 Å². The number of carbonyl (C=O) groups excluding carboxylic acids is 1. The van der Waals surface area contributed by atoms with Crippen LogP contribution in [0.5, 0.6) is 0 Å². The van der Waals surface area contributed by atoms with Gasteiger partial charge in [-0.15, -0.1) is 0 Å². The maximum atomic E-state index is 13.3. The fraction of sp³-hybridized carbons (Fsp3) is 0.167. The maximum Gasteiger partial charge on any atom is 0.253 e. The van der Waals surface area contributed by atoms with Gasteiger partial charge in [-0.05, 0) is 42.8 Å². The van der Waals surface area contributed by atoms with Crippen LogP contribution < -0.4 is 5.32 Å². The summed E-state index contributed by atoms with van der Waals surface area (Å²) in [4.78, 5) is 15.2. The number of aromatic nitrogens is 1. The lowest BCUT2D eigenvalue weighted by molar-refractivity contribution is 0.0922. The minimum absolute atomic E-state index is 0.145. The van der Waals surface area contributed by atoms with E-state index in [-0.39, 0.29) is 24.4 Å². The molecule has 1 atom stereocenters. The third kappa shape index (κ3) is 3.13. The number of amides is 1. The highest BCUT2D eigenvalue weighted by Crippen LogP contribution is 2.31. The lowest BCUT2D eigenvalue weighted by Crippen LogP contribution is -2.35. The van der Waals surface area contributed by atoms with Crippen LogP contribution in [0.4, 0.5) is 4.39 Å². The van der Waals surface area contributed by atoms with Crippen LogP contribution in [-0.4, -0.2) is 28.6 Å². The molecule has 1 amide bonds. The maximum absolute atomic E-state index is 13.3. The van der Waals surface area contributed by atoms with E-state index in [1.54, 1.807) is 37.4 Å². The molecule has 0 aliphatic carbocycles.